The Hall–Kier alpha value is -2.05. The van der Waals surface area contributed by atoms with Gasteiger partial charge in [0, 0.05) is 6.92 Å². The van der Waals surface area contributed by atoms with Gasteiger partial charge in [-0.3, -0.25) is 22.9 Å². The third-order valence-electron chi connectivity index (χ3n) is 6.25. The fourth-order valence-electron chi connectivity index (χ4n) is 4.54. The first-order valence-electron chi connectivity index (χ1n) is 12.3. The van der Waals surface area contributed by atoms with Gasteiger partial charge in [-0.05, 0) is 0 Å². The second kappa shape index (κ2) is 13.6. The van der Waals surface area contributed by atoms with Gasteiger partial charge in [-0.25, -0.2) is 28.6 Å². The van der Waals surface area contributed by atoms with E-state index < -0.39 is 97.9 Å². The third-order valence-corrected chi connectivity index (χ3v) is 7.77. The molecule has 9 unspecified atom stereocenters. The lowest BCUT2D eigenvalue weighted by molar-refractivity contribution is -0.314. The van der Waals surface area contributed by atoms with Gasteiger partial charge in [-0.15, -0.1) is 0 Å². The first kappa shape index (κ1) is 35.8. The van der Waals surface area contributed by atoms with Crippen LogP contribution in [0, 0.1) is 0 Å². The summed E-state index contributed by atoms with van der Waals surface area (Å²) in [6, 6.07) is 0. The minimum absolute atomic E-state index is 0.0406. The summed E-state index contributed by atoms with van der Waals surface area (Å²) >= 11 is 0. The van der Waals surface area contributed by atoms with Gasteiger partial charge in [0.05, 0.1) is 12.9 Å². The summed E-state index contributed by atoms with van der Waals surface area (Å²) in [5.74, 6) is -0.972. The van der Waals surface area contributed by atoms with E-state index >= 15 is 0 Å². The van der Waals surface area contributed by atoms with Gasteiger partial charge in [-0.1, -0.05) is 0 Å². The molecule has 2 aromatic heterocycles. The van der Waals surface area contributed by atoms with Crippen LogP contribution in [0.15, 0.2) is 12.7 Å². The predicted octanol–water partition coefficient (Wildman–Crippen LogP) is -3.23. The van der Waals surface area contributed by atoms with Crippen LogP contribution >= 0.6 is 23.5 Å². The minimum atomic E-state index is -5.55. The van der Waals surface area contributed by atoms with Crippen LogP contribution in [0.5, 0.6) is 0 Å². The number of aliphatic hydroxyl groups excluding tert-OH is 2. The maximum atomic E-state index is 11.7. The first-order chi connectivity index (χ1) is 20.7. The normalized spacial score (nSPS) is 31.4. The van der Waals surface area contributed by atoms with Gasteiger partial charge in [-0.2, -0.15) is 0 Å². The summed E-state index contributed by atoms with van der Waals surface area (Å²) in [5, 5.41) is 22.2. The van der Waals surface area contributed by atoms with Crippen molar-refractivity contribution in [2.24, 2.45) is 0 Å². The Morgan fingerprint density at radius 2 is 1.51 bits per heavy atom. The molecule has 0 bridgehead atoms. The zero-order valence-corrected chi connectivity index (χ0v) is 25.2. The smallest absolute Gasteiger partial charge is 0.463 e. The SMILES string of the molecule is CC(=O)OCC1OC(OC2C(COP(=O)(O)O)OC(n3cnc4c(N)ncnc43)C2O)C(O)C(OP(=O)(O)O)C1OP(=O)(O)O. The van der Waals surface area contributed by atoms with Crippen LogP contribution in [0.1, 0.15) is 13.2 Å². The van der Waals surface area contributed by atoms with E-state index in [0.29, 0.717) is 0 Å². The van der Waals surface area contributed by atoms with E-state index in [9.17, 15) is 58.1 Å². The Labute approximate surface area is 250 Å². The molecule has 0 spiro atoms. The summed E-state index contributed by atoms with van der Waals surface area (Å²) < 4.78 is 71.3. The van der Waals surface area contributed by atoms with Crippen LogP contribution in [0.3, 0.4) is 0 Å². The van der Waals surface area contributed by atoms with E-state index in [1.165, 1.54) is 0 Å². The number of nitrogens with two attached hydrogens (primary N) is 1. The molecule has 9 atom stereocenters. The Kier molecular flexibility index (Phi) is 10.8. The highest BCUT2D eigenvalue weighted by Crippen LogP contribution is 2.47. The summed E-state index contributed by atoms with van der Waals surface area (Å²) in [7, 11) is -16.2. The lowest BCUT2D eigenvalue weighted by atomic mass is 9.99. The van der Waals surface area contributed by atoms with Gasteiger partial charge in [0.25, 0.3) is 0 Å². The van der Waals surface area contributed by atoms with Crippen molar-refractivity contribution in [2.45, 2.75) is 62.2 Å². The van der Waals surface area contributed by atoms with Crippen molar-refractivity contribution in [3.8, 4) is 0 Å². The maximum absolute atomic E-state index is 11.7. The first-order valence-corrected chi connectivity index (χ1v) is 16.9. The number of phosphoric acid groups is 3. The van der Waals surface area contributed by atoms with Crippen molar-refractivity contribution in [3.63, 3.8) is 0 Å². The standard InChI is InChI=1S/C18H28N5O19P3/c1-6(24)36-2-7-13(41-44(30,31)32)14(42-45(33,34)35)11(26)18(39-7)40-12-8(3-37-43(27,28)29)38-17(10(12)25)23-5-22-9-15(19)20-4-21-16(9)23/h4-5,7-8,10-14,17-18,25-26H,2-3H2,1H3,(H2,19,20,21)(H2,27,28,29)(H2,30,31,32)(H2,33,34,35). The predicted molar refractivity (Wildman–Crippen MR) is 138 cm³/mol. The number of phosphoric ester groups is 3. The Morgan fingerprint density at radius 3 is 2.11 bits per heavy atom. The van der Waals surface area contributed by atoms with Crippen LogP contribution < -0.4 is 5.73 Å². The molecule has 2 fully saturated rings. The molecule has 2 aliphatic heterocycles. The Balaban J connectivity index is 1.69. The van der Waals surface area contributed by atoms with Gasteiger partial charge in [0.1, 0.15) is 61.2 Å². The molecular weight excluding hydrogens is 683 g/mol. The summed E-state index contributed by atoms with van der Waals surface area (Å²) in [4.78, 5) is 79.4. The molecule has 0 radical (unpaired) electrons. The number of imidazole rings is 1. The second-order valence-corrected chi connectivity index (χ2v) is 13.1. The molecule has 27 heteroatoms. The number of carbonyl (C=O) groups excluding carboxylic acids is 1. The van der Waals surface area contributed by atoms with Crippen molar-refractivity contribution in [3.05, 3.63) is 12.7 Å². The number of rotatable bonds is 12. The molecule has 0 saturated carbocycles. The molecule has 10 N–H and O–H groups in total. The zero-order chi connectivity index (χ0) is 33.5. The van der Waals surface area contributed by atoms with Crippen LogP contribution in [-0.4, -0.2) is 127 Å². The van der Waals surface area contributed by atoms with Gasteiger partial charge >= 0.3 is 29.4 Å². The summed E-state index contributed by atoms with van der Waals surface area (Å²) in [6.45, 7) is -0.879. The minimum Gasteiger partial charge on any atom is -0.463 e. The number of ether oxygens (including phenoxy) is 4. The zero-order valence-electron chi connectivity index (χ0n) is 22.5. The monoisotopic (exact) mass is 711 g/mol. The summed E-state index contributed by atoms with van der Waals surface area (Å²) in [6.07, 6.45) is -15.3. The fraction of sp³-hybridized carbons (Fsp3) is 0.667. The number of carbonyl (C=O) groups is 1. The van der Waals surface area contributed by atoms with Crippen LogP contribution in [0.2, 0.25) is 0 Å². The molecule has 2 aliphatic rings. The Morgan fingerprint density at radius 1 is 0.889 bits per heavy atom. The van der Waals surface area contributed by atoms with E-state index in [1.807, 2.05) is 0 Å². The molecule has 0 amide bonds. The van der Waals surface area contributed by atoms with E-state index in [1.54, 1.807) is 0 Å². The number of nitrogens with zero attached hydrogens (tertiary/aromatic N) is 4. The highest BCUT2D eigenvalue weighted by Gasteiger charge is 2.55. The number of aromatic nitrogens is 4. The van der Waals surface area contributed by atoms with Gasteiger partial charge < -0.3 is 64.3 Å². The van der Waals surface area contributed by atoms with E-state index in [-0.39, 0.29) is 17.0 Å². The van der Waals surface area contributed by atoms with Crippen molar-refractivity contribution in [2.75, 3.05) is 18.9 Å². The average Bonchev–Trinajstić information content (AvgIpc) is 3.45. The number of hydrogen-bond acceptors (Lipinski definition) is 17. The van der Waals surface area contributed by atoms with E-state index in [2.05, 4.69) is 28.5 Å². The van der Waals surface area contributed by atoms with Gasteiger partial charge in [0.15, 0.2) is 24.0 Å². The molecule has 2 saturated heterocycles. The lowest BCUT2D eigenvalue weighted by Crippen LogP contribution is -2.62. The molecular formula is C18H28N5O19P3. The quantitative estimate of drug-likeness (QED) is 0.0771. The number of anilines is 1. The fourth-order valence-corrected chi connectivity index (χ4v) is 6.01. The molecule has 254 valence electrons. The number of aliphatic hydroxyl groups is 2. The van der Waals surface area contributed by atoms with E-state index in [4.69, 9.17) is 24.7 Å². The van der Waals surface area contributed by atoms with Crippen LogP contribution in [-0.2, 0) is 51.0 Å². The number of fused-ring (bicyclic) bond motifs is 1. The van der Waals surface area contributed by atoms with E-state index in [0.717, 1.165) is 24.1 Å². The van der Waals surface area contributed by atoms with Crippen molar-refractivity contribution < 1.29 is 90.6 Å². The Bertz CT molecular complexity index is 1510. The van der Waals surface area contributed by atoms with Crippen molar-refractivity contribution >= 4 is 46.4 Å². The number of esters is 1. The van der Waals surface area contributed by atoms with Crippen LogP contribution in [0.25, 0.3) is 11.2 Å². The highest BCUT2D eigenvalue weighted by atomic mass is 31.2. The highest BCUT2D eigenvalue weighted by molar-refractivity contribution is 7.46. The number of nitrogen functional groups attached to an aromatic ring is 1. The lowest BCUT2D eigenvalue weighted by Gasteiger charge is -2.44. The van der Waals surface area contributed by atoms with Crippen LogP contribution in [0.4, 0.5) is 5.82 Å². The van der Waals surface area contributed by atoms with Crippen molar-refractivity contribution in [1.82, 2.24) is 19.5 Å². The molecule has 24 nitrogen and oxygen atoms in total. The van der Waals surface area contributed by atoms with Crippen molar-refractivity contribution in [1.29, 1.82) is 0 Å². The molecule has 4 heterocycles. The molecule has 0 aromatic carbocycles. The topological polar surface area (TPSA) is 364 Å². The molecule has 0 aliphatic carbocycles. The largest absolute Gasteiger partial charge is 0.470 e. The molecule has 45 heavy (non-hydrogen) atoms. The third kappa shape index (κ3) is 9.06. The molecule has 2 aromatic rings. The maximum Gasteiger partial charge on any atom is 0.470 e. The molecule has 4 rings (SSSR count). The summed E-state index contributed by atoms with van der Waals surface area (Å²) in [5.41, 5.74) is 5.93. The van der Waals surface area contributed by atoms with Gasteiger partial charge in [0.2, 0.25) is 0 Å². The second-order valence-electron chi connectivity index (χ2n) is 9.48. The average molecular weight is 711 g/mol. The number of hydrogen-bond donors (Lipinski definition) is 9.